The molecule has 0 fully saturated rings. The Hall–Kier alpha value is -5.91. The molecule has 0 N–H and O–H groups in total. The Balaban J connectivity index is 1.32. The lowest BCUT2D eigenvalue weighted by molar-refractivity contribution is 1.32. The zero-order valence-electron chi connectivity index (χ0n) is 24.6. The molecule has 0 amide bonds. The van der Waals surface area contributed by atoms with E-state index in [1.165, 1.54) is 42.9 Å². The number of fused-ring (bicyclic) bond motifs is 9. The maximum atomic E-state index is 5.25. The first kappa shape index (κ1) is 25.4. The first-order chi connectivity index (χ1) is 22.8. The smallest absolute Gasteiger partial charge is 0.195 e. The van der Waals surface area contributed by atoms with Gasteiger partial charge in [0.25, 0.3) is 0 Å². The second-order valence-electron chi connectivity index (χ2n) is 11.6. The van der Waals surface area contributed by atoms with E-state index in [9.17, 15) is 0 Å². The summed E-state index contributed by atoms with van der Waals surface area (Å²) < 4.78 is 3.52. The van der Waals surface area contributed by atoms with Gasteiger partial charge >= 0.3 is 0 Å². The van der Waals surface area contributed by atoms with Crippen molar-refractivity contribution in [1.29, 1.82) is 0 Å². The summed E-state index contributed by atoms with van der Waals surface area (Å²) in [6, 6.07) is 47.4. The molecule has 0 aliphatic heterocycles. The lowest BCUT2D eigenvalue weighted by Crippen LogP contribution is -1.93. The molecule has 0 bridgehead atoms. The Morgan fingerprint density at radius 2 is 1.15 bits per heavy atom. The number of para-hydroxylation sites is 1. The van der Waals surface area contributed by atoms with Gasteiger partial charge in [-0.15, -0.1) is 0 Å². The van der Waals surface area contributed by atoms with Gasteiger partial charge in [-0.1, -0.05) is 121 Å². The van der Waals surface area contributed by atoms with E-state index in [1.807, 2.05) is 30.6 Å². The topological polar surface area (TPSA) is 43.1 Å². The Bertz CT molecular complexity index is 2740. The number of hydrogen-bond donors (Lipinski definition) is 0. The number of aromatic nitrogens is 4. The summed E-state index contributed by atoms with van der Waals surface area (Å²) in [6.45, 7) is 0. The van der Waals surface area contributed by atoms with Gasteiger partial charge in [0, 0.05) is 28.9 Å². The second kappa shape index (κ2) is 9.80. The fourth-order valence-corrected chi connectivity index (χ4v) is 8.14. The SMILES string of the molecule is c1ccc(-c2nc3ccccc3c3nc4sc5ccc(-c6c7ccccc7c(-c7cccnc7)c7ccccc67)cc5n4c23)cc1. The minimum atomic E-state index is 0.948. The van der Waals surface area contributed by atoms with Crippen molar-refractivity contribution in [3.05, 3.63) is 146 Å². The third-order valence-corrected chi connectivity index (χ3v) is 10.1. The van der Waals surface area contributed by atoms with Gasteiger partial charge < -0.3 is 0 Å². The molecule has 10 aromatic rings. The van der Waals surface area contributed by atoms with Crippen LogP contribution in [-0.2, 0) is 0 Å². The molecule has 0 saturated carbocycles. The minimum Gasteiger partial charge on any atom is -0.281 e. The number of imidazole rings is 1. The van der Waals surface area contributed by atoms with Gasteiger partial charge in [-0.25, -0.2) is 9.97 Å². The molecule has 4 nitrogen and oxygen atoms in total. The molecule has 0 spiro atoms. The molecule has 0 aliphatic carbocycles. The number of thiazole rings is 1. The van der Waals surface area contributed by atoms with Crippen LogP contribution < -0.4 is 0 Å². The van der Waals surface area contributed by atoms with Crippen LogP contribution in [0, 0.1) is 0 Å². The van der Waals surface area contributed by atoms with Gasteiger partial charge in [-0.3, -0.25) is 9.38 Å². The van der Waals surface area contributed by atoms with Crippen molar-refractivity contribution in [1.82, 2.24) is 19.4 Å². The van der Waals surface area contributed by atoms with Crippen molar-refractivity contribution in [2.75, 3.05) is 0 Å². The number of nitrogens with zero attached hydrogens (tertiary/aromatic N) is 4. The lowest BCUT2D eigenvalue weighted by atomic mass is 9.86. The Labute approximate surface area is 267 Å². The fourth-order valence-electron chi connectivity index (χ4n) is 7.13. The molecular formula is C41H24N4S. The van der Waals surface area contributed by atoms with Crippen LogP contribution in [0.15, 0.2) is 146 Å². The molecule has 0 radical (unpaired) electrons. The average molecular weight is 605 g/mol. The van der Waals surface area contributed by atoms with E-state index < -0.39 is 0 Å². The van der Waals surface area contributed by atoms with E-state index in [0.29, 0.717) is 0 Å². The van der Waals surface area contributed by atoms with Gasteiger partial charge in [0.05, 0.1) is 21.4 Å². The molecule has 4 heterocycles. The Kier molecular flexibility index (Phi) is 5.41. The highest BCUT2D eigenvalue weighted by Gasteiger charge is 2.21. The van der Waals surface area contributed by atoms with Crippen LogP contribution in [0.4, 0.5) is 0 Å². The van der Waals surface area contributed by atoms with E-state index in [2.05, 4.69) is 125 Å². The first-order valence-electron chi connectivity index (χ1n) is 15.4. The summed E-state index contributed by atoms with van der Waals surface area (Å²) in [7, 11) is 0. The zero-order chi connectivity index (χ0) is 30.2. The summed E-state index contributed by atoms with van der Waals surface area (Å²) in [5, 5.41) is 5.95. The summed E-state index contributed by atoms with van der Waals surface area (Å²) in [4.78, 5) is 15.9. The molecule has 46 heavy (non-hydrogen) atoms. The quantitative estimate of drug-likeness (QED) is 0.188. The third kappa shape index (κ3) is 3.63. The Morgan fingerprint density at radius 1 is 0.522 bits per heavy atom. The Morgan fingerprint density at radius 3 is 1.85 bits per heavy atom. The van der Waals surface area contributed by atoms with Gasteiger partial charge in [0.15, 0.2) is 4.96 Å². The van der Waals surface area contributed by atoms with E-state index in [4.69, 9.17) is 9.97 Å². The first-order valence-corrected chi connectivity index (χ1v) is 16.2. The van der Waals surface area contributed by atoms with Crippen LogP contribution in [0.5, 0.6) is 0 Å². The summed E-state index contributed by atoms with van der Waals surface area (Å²) in [5.74, 6) is 0. The predicted octanol–water partition coefficient (Wildman–Crippen LogP) is 11.0. The molecule has 4 aromatic heterocycles. The summed E-state index contributed by atoms with van der Waals surface area (Å²) >= 11 is 1.73. The fraction of sp³-hybridized carbons (Fsp3) is 0. The molecule has 0 atom stereocenters. The average Bonchev–Trinajstić information content (AvgIpc) is 3.67. The monoisotopic (exact) mass is 604 g/mol. The van der Waals surface area contributed by atoms with Gasteiger partial charge in [-0.2, -0.15) is 0 Å². The van der Waals surface area contributed by atoms with Crippen LogP contribution in [0.1, 0.15) is 0 Å². The predicted molar refractivity (Wildman–Crippen MR) is 192 cm³/mol. The number of rotatable bonds is 3. The normalized spacial score (nSPS) is 11.9. The summed E-state index contributed by atoms with van der Waals surface area (Å²) in [6.07, 6.45) is 3.80. The molecule has 6 aromatic carbocycles. The molecule has 5 heteroatoms. The highest BCUT2D eigenvalue weighted by atomic mass is 32.1. The standard InChI is InChI=1S/C41H24N4S/c1-2-11-25(12-3-1)38-40-39(32-18-8-9-19-33(32)43-38)44-41-45(40)34-23-26(20-21-35(34)46-41)36-28-14-4-6-16-30(28)37(27-13-10-22-42-24-27)31-17-7-5-15-29(31)36/h1-24H. The van der Waals surface area contributed by atoms with Crippen molar-refractivity contribution < 1.29 is 0 Å². The van der Waals surface area contributed by atoms with Crippen molar-refractivity contribution in [3.8, 4) is 33.5 Å². The van der Waals surface area contributed by atoms with E-state index >= 15 is 0 Å². The number of pyridine rings is 2. The van der Waals surface area contributed by atoms with E-state index in [-0.39, 0.29) is 0 Å². The zero-order valence-corrected chi connectivity index (χ0v) is 25.4. The largest absolute Gasteiger partial charge is 0.281 e. The summed E-state index contributed by atoms with van der Waals surface area (Å²) in [5.41, 5.74) is 10.9. The minimum absolute atomic E-state index is 0.948. The molecular weight excluding hydrogens is 581 g/mol. The maximum Gasteiger partial charge on any atom is 0.195 e. The molecule has 0 aliphatic rings. The maximum absolute atomic E-state index is 5.25. The highest BCUT2D eigenvalue weighted by Crippen LogP contribution is 2.45. The van der Waals surface area contributed by atoms with Crippen LogP contribution in [0.2, 0.25) is 0 Å². The second-order valence-corrected chi connectivity index (χ2v) is 12.6. The highest BCUT2D eigenvalue weighted by molar-refractivity contribution is 7.23. The number of benzene rings is 6. The number of hydrogen-bond acceptors (Lipinski definition) is 4. The molecule has 10 rings (SSSR count). The van der Waals surface area contributed by atoms with E-state index in [0.717, 1.165) is 49.2 Å². The molecule has 214 valence electrons. The van der Waals surface area contributed by atoms with E-state index in [1.54, 1.807) is 11.3 Å². The van der Waals surface area contributed by atoms with Crippen molar-refractivity contribution in [2.24, 2.45) is 0 Å². The van der Waals surface area contributed by atoms with Crippen molar-refractivity contribution in [3.63, 3.8) is 0 Å². The lowest BCUT2D eigenvalue weighted by Gasteiger charge is -2.17. The molecule has 0 saturated heterocycles. The van der Waals surface area contributed by atoms with Crippen LogP contribution in [-0.4, -0.2) is 19.4 Å². The van der Waals surface area contributed by atoms with Gasteiger partial charge in [0.2, 0.25) is 0 Å². The van der Waals surface area contributed by atoms with Crippen LogP contribution in [0.25, 0.3) is 92.2 Å². The van der Waals surface area contributed by atoms with Crippen molar-refractivity contribution >= 4 is 70.0 Å². The van der Waals surface area contributed by atoms with Gasteiger partial charge in [0.1, 0.15) is 11.0 Å². The molecule has 0 unspecified atom stereocenters. The van der Waals surface area contributed by atoms with Crippen LogP contribution in [0.3, 0.4) is 0 Å². The third-order valence-electron chi connectivity index (χ3n) is 9.08. The van der Waals surface area contributed by atoms with Gasteiger partial charge in [-0.05, 0) is 62.5 Å². The van der Waals surface area contributed by atoms with Crippen molar-refractivity contribution in [2.45, 2.75) is 0 Å². The van der Waals surface area contributed by atoms with Crippen LogP contribution >= 0.6 is 11.3 Å².